The van der Waals surface area contributed by atoms with E-state index in [1.54, 1.807) is 0 Å². The maximum atomic E-state index is 13.1. The molecule has 1 saturated heterocycles. The number of carbonyl (C=O) groups excluding carboxylic acids is 1. The Kier molecular flexibility index (Phi) is 4.55. The van der Waals surface area contributed by atoms with E-state index in [1.807, 2.05) is 21.9 Å². The molecule has 0 aliphatic carbocycles. The largest absolute Gasteiger partial charge is 0.335 e. The molecular weight excluding hydrogens is 316 g/mol. The highest BCUT2D eigenvalue weighted by Crippen LogP contribution is 2.27. The van der Waals surface area contributed by atoms with Crippen molar-refractivity contribution in [3.63, 3.8) is 0 Å². The van der Waals surface area contributed by atoms with Crippen LogP contribution < -0.4 is 0 Å². The SMILES string of the molecule is CCn1ccnc1[C@@H]1CCCN(C(=O)c2nnc3n2CCCCC3)C1. The van der Waals surface area contributed by atoms with Crippen LogP contribution in [0.1, 0.15) is 67.2 Å². The van der Waals surface area contributed by atoms with E-state index >= 15 is 0 Å². The molecule has 7 nitrogen and oxygen atoms in total. The van der Waals surface area contributed by atoms with E-state index in [0.29, 0.717) is 11.7 Å². The number of aryl methyl sites for hydroxylation is 2. The third kappa shape index (κ3) is 3.07. The van der Waals surface area contributed by atoms with Crippen molar-refractivity contribution in [2.45, 2.75) is 64.5 Å². The van der Waals surface area contributed by atoms with Gasteiger partial charge in [-0.1, -0.05) is 6.42 Å². The van der Waals surface area contributed by atoms with E-state index in [9.17, 15) is 4.79 Å². The molecule has 0 unspecified atom stereocenters. The number of fused-ring (bicyclic) bond motifs is 1. The van der Waals surface area contributed by atoms with Crippen LogP contribution in [0.4, 0.5) is 0 Å². The van der Waals surface area contributed by atoms with Gasteiger partial charge in [-0.05, 0) is 32.6 Å². The lowest BCUT2D eigenvalue weighted by Gasteiger charge is -2.32. The Hall–Kier alpha value is -2.18. The third-order valence-corrected chi connectivity index (χ3v) is 5.46. The van der Waals surface area contributed by atoms with Crippen molar-refractivity contribution in [1.29, 1.82) is 0 Å². The van der Waals surface area contributed by atoms with Gasteiger partial charge in [-0.3, -0.25) is 4.79 Å². The summed E-state index contributed by atoms with van der Waals surface area (Å²) in [6.45, 7) is 5.42. The van der Waals surface area contributed by atoms with E-state index in [0.717, 1.165) is 69.9 Å². The summed E-state index contributed by atoms with van der Waals surface area (Å²) in [5.41, 5.74) is 0. The maximum absolute atomic E-state index is 13.1. The molecular formula is C18H26N6O. The van der Waals surface area contributed by atoms with Gasteiger partial charge in [0.25, 0.3) is 5.91 Å². The van der Waals surface area contributed by atoms with Crippen LogP contribution in [0.2, 0.25) is 0 Å². The predicted octanol–water partition coefficient (Wildman–Crippen LogP) is 2.24. The van der Waals surface area contributed by atoms with Gasteiger partial charge in [-0.25, -0.2) is 4.98 Å². The maximum Gasteiger partial charge on any atom is 0.291 e. The minimum absolute atomic E-state index is 0.0277. The summed E-state index contributed by atoms with van der Waals surface area (Å²) in [7, 11) is 0. The minimum Gasteiger partial charge on any atom is -0.335 e. The van der Waals surface area contributed by atoms with Crippen molar-refractivity contribution in [3.05, 3.63) is 29.9 Å². The number of hydrogen-bond donors (Lipinski definition) is 0. The van der Waals surface area contributed by atoms with Crippen LogP contribution in [0.5, 0.6) is 0 Å². The molecule has 1 fully saturated rings. The number of imidazole rings is 1. The summed E-state index contributed by atoms with van der Waals surface area (Å²) >= 11 is 0. The first-order valence-electron chi connectivity index (χ1n) is 9.50. The number of carbonyl (C=O) groups is 1. The predicted molar refractivity (Wildman–Crippen MR) is 93.4 cm³/mol. The zero-order valence-corrected chi connectivity index (χ0v) is 14.9. The first-order valence-corrected chi connectivity index (χ1v) is 9.50. The van der Waals surface area contributed by atoms with Gasteiger partial charge in [0.1, 0.15) is 11.6 Å². The average Bonchev–Trinajstić information content (AvgIpc) is 3.22. The highest BCUT2D eigenvalue weighted by molar-refractivity contribution is 5.90. The molecule has 0 radical (unpaired) electrons. The lowest BCUT2D eigenvalue weighted by atomic mass is 9.97. The van der Waals surface area contributed by atoms with Gasteiger partial charge in [0.2, 0.25) is 5.82 Å². The van der Waals surface area contributed by atoms with Gasteiger partial charge in [-0.2, -0.15) is 0 Å². The van der Waals surface area contributed by atoms with Crippen LogP contribution in [0, 0.1) is 0 Å². The van der Waals surface area contributed by atoms with Gasteiger partial charge in [-0.15, -0.1) is 10.2 Å². The van der Waals surface area contributed by atoms with Crippen molar-refractivity contribution in [1.82, 2.24) is 29.2 Å². The monoisotopic (exact) mass is 342 g/mol. The highest BCUT2D eigenvalue weighted by Gasteiger charge is 2.31. The van der Waals surface area contributed by atoms with E-state index in [-0.39, 0.29) is 5.91 Å². The second kappa shape index (κ2) is 6.98. The molecule has 2 aromatic heterocycles. The molecule has 134 valence electrons. The normalized spacial score (nSPS) is 21.0. The summed E-state index contributed by atoms with van der Waals surface area (Å²) in [5, 5.41) is 8.51. The summed E-state index contributed by atoms with van der Waals surface area (Å²) in [5.74, 6) is 2.92. The topological polar surface area (TPSA) is 68.8 Å². The fourth-order valence-electron chi connectivity index (χ4n) is 4.11. The number of amides is 1. The first-order chi connectivity index (χ1) is 12.3. The zero-order chi connectivity index (χ0) is 17.2. The molecule has 0 N–H and O–H groups in total. The van der Waals surface area contributed by atoms with E-state index in [4.69, 9.17) is 0 Å². The number of likely N-dealkylation sites (tertiary alicyclic amines) is 1. The van der Waals surface area contributed by atoms with Crippen molar-refractivity contribution < 1.29 is 4.79 Å². The second-order valence-corrected chi connectivity index (χ2v) is 7.06. The van der Waals surface area contributed by atoms with Gasteiger partial charge < -0.3 is 14.0 Å². The van der Waals surface area contributed by atoms with Crippen LogP contribution in [-0.2, 0) is 19.5 Å². The van der Waals surface area contributed by atoms with E-state index < -0.39 is 0 Å². The van der Waals surface area contributed by atoms with Crippen LogP contribution in [0.25, 0.3) is 0 Å². The van der Waals surface area contributed by atoms with E-state index in [2.05, 4.69) is 26.7 Å². The summed E-state index contributed by atoms with van der Waals surface area (Å²) in [6, 6.07) is 0. The number of rotatable bonds is 3. The van der Waals surface area contributed by atoms with Crippen molar-refractivity contribution in [2.75, 3.05) is 13.1 Å². The van der Waals surface area contributed by atoms with Gasteiger partial charge in [0, 0.05) is 50.9 Å². The smallest absolute Gasteiger partial charge is 0.291 e. The highest BCUT2D eigenvalue weighted by atomic mass is 16.2. The fraction of sp³-hybridized carbons (Fsp3) is 0.667. The summed E-state index contributed by atoms with van der Waals surface area (Å²) in [6.07, 6.45) is 10.3. The van der Waals surface area contributed by atoms with Crippen molar-refractivity contribution in [3.8, 4) is 0 Å². The number of aromatic nitrogens is 5. The molecule has 2 aliphatic heterocycles. The molecule has 0 aromatic carbocycles. The molecule has 1 atom stereocenters. The van der Waals surface area contributed by atoms with Crippen LogP contribution in [-0.4, -0.2) is 48.2 Å². The lowest BCUT2D eigenvalue weighted by Crippen LogP contribution is -2.41. The fourth-order valence-corrected chi connectivity index (χ4v) is 4.11. The quantitative estimate of drug-likeness (QED) is 0.858. The Labute approximate surface area is 148 Å². The zero-order valence-electron chi connectivity index (χ0n) is 14.9. The molecule has 2 aliphatic rings. The molecule has 7 heteroatoms. The van der Waals surface area contributed by atoms with Gasteiger partial charge in [0.15, 0.2) is 0 Å². The average molecular weight is 342 g/mol. The number of hydrogen-bond acceptors (Lipinski definition) is 4. The molecule has 0 bridgehead atoms. The summed E-state index contributed by atoms with van der Waals surface area (Å²) < 4.78 is 4.23. The van der Waals surface area contributed by atoms with Gasteiger partial charge in [0.05, 0.1) is 0 Å². The second-order valence-electron chi connectivity index (χ2n) is 7.06. The number of nitrogens with zero attached hydrogens (tertiary/aromatic N) is 6. The Morgan fingerprint density at radius 1 is 1.20 bits per heavy atom. The molecule has 4 heterocycles. The van der Waals surface area contributed by atoms with Gasteiger partial charge >= 0.3 is 0 Å². The van der Waals surface area contributed by atoms with E-state index in [1.165, 1.54) is 6.42 Å². The lowest BCUT2D eigenvalue weighted by molar-refractivity contribution is 0.0685. The first kappa shape index (κ1) is 16.3. The van der Waals surface area contributed by atoms with Crippen molar-refractivity contribution >= 4 is 5.91 Å². The molecule has 0 spiro atoms. The Bertz CT molecular complexity index is 749. The third-order valence-electron chi connectivity index (χ3n) is 5.46. The Morgan fingerprint density at radius 2 is 2.12 bits per heavy atom. The summed E-state index contributed by atoms with van der Waals surface area (Å²) in [4.78, 5) is 19.6. The number of piperidine rings is 1. The van der Waals surface area contributed by atoms with Crippen molar-refractivity contribution in [2.24, 2.45) is 0 Å². The van der Waals surface area contributed by atoms with Crippen LogP contribution >= 0.6 is 0 Å². The molecule has 4 rings (SSSR count). The minimum atomic E-state index is 0.0277. The molecule has 25 heavy (non-hydrogen) atoms. The Morgan fingerprint density at radius 3 is 3.00 bits per heavy atom. The molecule has 0 saturated carbocycles. The molecule has 2 aromatic rings. The Balaban J connectivity index is 1.54. The van der Waals surface area contributed by atoms with Crippen LogP contribution in [0.3, 0.4) is 0 Å². The standard InChI is InChI=1S/C18H26N6O/c1-2-22-12-9-19-16(22)14-7-6-10-23(13-14)18(25)17-21-20-15-8-4-3-5-11-24(15)17/h9,12,14H,2-8,10-11,13H2,1H3/t14-/m1/s1. The molecule has 1 amide bonds. The van der Waals surface area contributed by atoms with Crippen LogP contribution in [0.15, 0.2) is 12.4 Å².